The topological polar surface area (TPSA) is 55.4 Å². The first-order valence-electron chi connectivity index (χ1n) is 7.94. The van der Waals surface area contributed by atoms with E-state index in [1.54, 1.807) is 6.08 Å². The molecular formula is C18H22BrNO3. The van der Waals surface area contributed by atoms with Crippen LogP contribution in [0.3, 0.4) is 0 Å². The van der Waals surface area contributed by atoms with Gasteiger partial charge in [0.25, 0.3) is 5.91 Å². The van der Waals surface area contributed by atoms with E-state index in [0.29, 0.717) is 5.92 Å². The van der Waals surface area contributed by atoms with Gasteiger partial charge in [0.05, 0.1) is 0 Å². The van der Waals surface area contributed by atoms with Crippen LogP contribution in [0.4, 0.5) is 0 Å². The molecule has 0 radical (unpaired) electrons. The Morgan fingerprint density at radius 3 is 2.87 bits per heavy atom. The summed E-state index contributed by atoms with van der Waals surface area (Å²) in [6.45, 7) is 1.92. The van der Waals surface area contributed by atoms with Crippen LogP contribution in [0.5, 0.6) is 0 Å². The maximum atomic E-state index is 11.9. The zero-order valence-electron chi connectivity index (χ0n) is 13.3. The lowest BCUT2D eigenvalue weighted by Crippen LogP contribution is -2.42. The fourth-order valence-corrected chi connectivity index (χ4v) is 3.16. The largest absolute Gasteiger partial charge is 0.452 e. The molecule has 1 aromatic rings. The van der Waals surface area contributed by atoms with Crippen LogP contribution in [-0.2, 0) is 14.3 Å². The molecule has 5 heteroatoms. The van der Waals surface area contributed by atoms with Crippen molar-refractivity contribution < 1.29 is 14.3 Å². The van der Waals surface area contributed by atoms with Crippen LogP contribution in [0.25, 0.3) is 6.08 Å². The number of carbonyl (C=O) groups excluding carboxylic acids is 2. The van der Waals surface area contributed by atoms with Gasteiger partial charge in [-0.1, -0.05) is 47.8 Å². The Bertz CT molecular complexity index is 585. The molecule has 1 aliphatic rings. The fourth-order valence-electron chi connectivity index (χ4n) is 2.74. The Balaban J connectivity index is 1.74. The molecular weight excluding hydrogens is 358 g/mol. The van der Waals surface area contributed by atoms with Gasteiger partial charge in [0.15, 0.2) is 6.61 Å². The van der Waals surface area contributed by atoms with Crippen LogP contribution < -0.4 is 5.32 Å². The molecule has 0 spiro atoms. The summed E-state index contributed by atoms with van der Waals surface area (Å²) < 4.78 is 5.92. The number of amides is 1. The summed E-state index contributed by atoms with van der Waals surface area (Å²) in [5.41, 5.74) is 0.886. The fraction of sp³-hybridized carbons (Fsp3) is 0.444. The first-order valence-corrected chi connectivity index (χ1v) is 8.73. The van der Waals surface area contributed by atoms with Gasteiger partial charge in [-0.3, -0.25) is 4.79 Å². The number of halogens is 1. The summed E-state index contributed by atoms with van der Waals surface area (Å²) in [5.74, 6) is -0.260. The van der Waals surface area contributed by atoms with E-state index in [1.165, 1.54) is 12.5 Å². The van der Waals surface area contributed by atoms with Crippen molar-refractivity contribution in [1.82, 2.24) is 5.32 Å². The maximum absolute atomic E-state index is 11.9. The number of ether oxygens (including phenoxy) is 1. The molecule has 2 rings (SSSR count). The number of esters is 1. The summed E-state index contributed by atoms with van der Waals surface area (Å²) >= 11 is 3.37. The van der Waals surface area contributed by atoms with Crippen LogP contribution >= 0.6 is 15.9 Å². The van der Waals surface area contributed by atoms with Crippen molar-refractivity contribution in [3.05, 3.63) is 40.4 Å². The highest BCUT2D eigenvalue weighted by Crippen LogP contribution is 2.23. The van der Waals surface area contributed by atoms with Gasteiger partial charge in [-0.05, 0) is 42.5 Å². The molecule has 1 amide bonds. The molecule has 0 bridgehead atoms. The van der Waals surface area contributed by atoms with E-state index >= 15 is 0 Å². The van der Waals surface area contributed by atoms with Gasteiger partial charge in [0.2, 0.25) is 0 Å². The smallest absolute Gasteiger partial charge is 0.331 e. The second kappa shape index (κ2) is 8.87. The van der Waals surface area contributed by atoms with Crippen molar-refractivity contribution in [2.24, 2.45) is 5.92 Å². The minimum Gasteiger partial charge on any atom is -0.452 e. The van der Waals surface area contributed by atoms with E-state index in [4.69, 9.17) is 4.74 Å². The van der Waals surface area contributed by atoms with Crippen molar-refractivity contribution in [1.29, 1.82) is 0 Å². The number of carbonyl (C=O) groups is 2. The maximum Gasteiger partial charge on any atom is 0.331 e. The van der Waals surface area contributed by atoms with E-state index in [9.17, 15) is 9.59 Å². The Morgan fingerprint density at radius 2 is 2.13 bits per heavy atom. The van der Waals surface area contributed by atoms with Crippen molar-refractivity contribution in [2.75, 3.05) is 6.61 Å². The molecule has 1 saturated carbocycles. The van der Waals surface area contributed by atoms with Gasteiger partial charge in [-0.2, -0.15) is 0 Å². The zero-order chi connectivity index (χ0) is 16.7. The van der Waals surface area contributed by atoms with Gasteiger partial charge in [-0.15, -0.1) is 0 Å². The van der Waals surface area contributed by atoms with E-state index < -0.39 is 5.97 Å². The molecule has 1 N–H and O–H groups in total. The molecule has 2 atom stereocenters. The molecule has 0 aliphatic heterocycles. The van der Waals surface area contributed by atoms with E-state index in [1.807, 2.05) is 24.3 Å². The van der Waals surface area contributed by atoms with Crippen LogP contribution in [-0.4, -0.2) is 24.5 Å². The Kier molecular flexibility index (Phi) is 6.84. The average molecular weight is 380 g/mol. The van der Waals surface area contributed by atoms with E-state index in [0.717, 1.165) is 29.3 Å². The Morgan fingerprint density at radius 1 is 1.35 bits per heavy atom. The minimum atomic E-state index is -0.517. The van der Waals surface area contributed by atoms with E-state index in [2.05, 4.69) is 28.2 Å². The lowest BCUT2D eigenvalue weighted by molar-refractivity contribution is -0.144. The SMILES string of the molecule is C[C@H]1CCCC[C@H]1NC(=O)COC(=O)/C=C/c1cccc(Br)c1. The quantitative estimate of drug-likeness (QED) is 0.626. The number of benzene rings is 1. The molecule has 0 aromatic heterocycles. The second-order valence-corrected chi connectivity index (χ2v) is 6.85. The third-order valence-electron chi connectivity index (χ3n) is 4.06. The normalized spacial score (nSPS) is 21.1. The van der Waals surface area contributed by atoms with Gasteiger partial charge in [0.1, 0.15) is 0 Å². The van der Waals surface area contributed by atoms with Crippen molar-refractivity contribution >= 4 is 33.9 Å². The van der Waals surface area contributed by atoms with Crippen LogP contribution in [0.1, 0.15) is 38.2 Å². The van der Waals surface area contributed by atoms with Gasteiger partial charge in [-0.25, -0.2) is 4.79 Å². The summed E-state index contributed by atoms with van der Waals surface area (Å²) in [4.78, 5) is 23.5. The summed E-state index contributed by atoms with van der Waals surface area (Å²) in [6, 6.07) is 7.76. The van der Waals surface area contributed by atoms with Crippen LogP contribution in [0.2, 0.25) is 0 Å². The molecule has 23 heavy (non-hydrogen) atoms. The lowest BCUT2D eigenvalue weighted by Gasteiger charge is -2.29. The molecule has 1 aliphatic carbocycles. The number of hydrogen-bond donors (Lipinski definition) is 1. The van der Waals surface area contributed by atoms with Crippen molar-refractivity contribution in [2.45, 2.75) is 38.6 Å². The molecule has 124 valence electrons. The number of hydrogen-bond acceptors (Lipinski definition) is 3. The standard InChI is InChI=1S/C18H22BrNO3/c1-13-5-2-3-8-16(13)20-17(21)12-23-18(22)10-9-14-6-4-7-15(19)11-14/h4,6-7,9-11,13,16H,2-3,5,8,12H2,1H3,(H,20,21)/b10-9+/t13-,16+/m0/s1. The first kappa shape index (κ1) is 17.7. The van der Waals surface area contributed by atoms with Gasteiger partial charge >= 0.3 is 5.97 Å². The average Bonchev–Trinajstić information content (AvgIpc) is 2.53. The molecule has 1 fully saturated rings. The van der Waals surface area contributed by atoms with Crippen LogP contribution in [0.15, 0.2) is 34.8 Å². The Labute approximate surface area is 145 Å². The third kappa shape index (κ3) is 6.18. The van der Waals surface area contributed by atoms with Gasteiger partial charge in [0, 0.05) is 16.6 Å². The number of nitrogens with one attached hydrogen (secondary N) is 1. The summed E-state index contributed by atoms with van der Waals surface area (Å²) in [5, 5.41) is 2.96. The highest BCUT2D eigenvalue weighted by molar-refractivity contribution is 9.10. The molecule has 1 aromatic carbocycles. The lowest BCUT2D eigenvalue weighted by atomic mass is 9.86. The summed E-state index contributed by atoms with van der Waals surface area (Å²) in [7, 11) is 0. The molecule has 0 saturated heterocycles. The highest BCUT2D eigenvalue weighted by atomic mass is 79.9. The molecule has 0 heterocycles. The summed E-state index contributed by atoms with van der Waals surface area (Å²) in [6.07, 6.45) is 7.50. The second-order valence-electron chi connectivity index (χ2n) is 5.93. The first-order chi connectivity index (χ1) is 11.0. The van der Waals surface area contributed by atoms with E-state index in [-0.39, 0.29) is 18.6 Å². The minimum absolute atomic E-state index is 0.201. The molecule has 4 nitrogen and oxygen atoms in total. The van der Waals surface area contributed by atoms with Crippen molar-refractivity contribution in [3.8, 4) is 0 Å². The van der Waals surface area contributed by atoms with Gasteiger partial charge < -0.3 is 10.1 Å². The monoisotopic (exact) mass is 379 g/mol. The van der Waals surface area contributed by atoms with Crippen LogP contribution in [0, 0.1) is 5.92 Å². The third-order valence-corrected chi connectivity index (χ3v) is 4.56. The predicted octanol–water partition coefficient (Wildman–Crippen LogP) is 3.70. The molecule has 0 unspecified atom stereocenters. The predicted molar refractivity (Wildman–Crippen MR) is 93.7 cm³/mol. The van der Waals surface area contributed by atoms with Crippen molar-refractivity contribution in [3.63, 3.8) is 0 Å². The number of rotatable bonds is 5. The zero-order valence-corrected chi connectivity index (χ0v) is 14.8. The Hall–Kier alpha value is -1.62. The highest BCUT2D eigenvalue weighted by Gasteiger charge is 2.22.